The summed E-state index contributed by atoms with van der Waals surface area (Å²) < 4.78 is 5.53. The number of ether oxygens (including phenoxy) is 1. The highest BCUT2D eigenvalue weighted by molar-refractivity contribution is 9.09. The Morgan fingerprint density at radius 3 is 2.93 bits per heavy atom. The van der Waals surface area contributed by atoms with E-state index in [1.54, 1.807) is 12.4 Å². The van der Waals surface area contributed by atoms with E-state index in [2.05, 4.69) is 30.8 Å². The summed E-state index contributed by atoms with van der Waals surface area (Å²) in [4.78, 5) is 10.5. The van der Waals surface area contributed by atoms with Gasteiger partial charge in [-0.25, -0.2) is 9.97 Å². The second-order valence-electron chi connectivity index (χ2n) is 3.29. The van der Waals surface area contributed by atoms with Crippen molar-refractivity contribution in [1.82, 2.24) is 9.97 Å². The van der Waals surface area contributed by atoms with Gasteiger partial charge in [-0.1, -0.05) is 27.5 Å². The third-order valence-electron chi connectivity index (χ3n) is 2.20. The Morgan fingerprint density at radius 2 is 2.27 bits per heavy atom. The average molecular weight is 293 g/mol. The zero-order valence-corrected chi connectivity index (χ0v) is 10.4. The molecule has 6 heteroatoms. The number of aromatic nitrogens is 2. The van der Waals surface area contributed by atoms with Crippen molar-refractivity contribution in [2.24, 2.45) is 0 Å². The number of hydrogen-bond acceptors (Lipinski definition) is 4. The smallest absolute Gasteiger partial charge is 0.225 e. The molecule has 0 radical (unpaired) electrons. The fourth-order valence-electron chi connectivity index (χ4n) is 1.46. The summed E-state index contributed by atoms with van der Waals surface area (Å²) in [6.07, 6.45) is 3.43. The van der Waals surface area contributed by atoms with Crippen molar-refractivity contribution in [3.05, 3.63) is 17.4 Å². The predicted octanol–water partition coefficient (Wildman–Crippen LogP) is 1.73. The monoisotopic (exact) mass is 291 g/mol. The average Bonchev–Trinajstić information content (AvgIpc) is 2.30. The van der Waals surface area contributed by atoms with Gasteiger partial charge < -0.3 is 9.64 Å². The van der Waals surface area contributed by atoms with E-state index in [1.165, 1.54) is 0 Å². The lowest BCUT2D eigenvalue weighted by Gasteiger charge is -2.31. The van der Waals surface area contributed by atoms with E-state index in [4.69, 9.17) is 16.3 Å². The summed E-state index contributed by atoms with van der Waals surface area (Å²) in [6.45, 7) is 2.35. The van der Waals surface area contributed by atoms with Crippen LogP contribution >= 0.6 is 27.5 Å². The van der Waals surface area contributed by atoms with Gasteiger partial charge in [0.25, 0.3) is 0 Å². The van der Waals surface area contributed by atoms with E-state index in [1.807, 2.05) is 0 Å². The molecule has 0 aliphatic carbocycles. The van der Waals surface area contributed by atoms with Crippen molar-refractivity contribution in [2.75, 3.05) is 29.9 Å². The molecule has 1 atom stereocenters. The van der Waals surface area contributed by atoms with Gasteiger partial charge in [-0.3, -0.25) is 0 Å². The van der Waals surface area contributed by atoms with Crippen molar-refractivity contribution in [2.45, 2.75) is 6.10 Å². The molecule has 2 heterocycles. The van der Waals surface area contributed by atoms with E-state index in [9.17, 15) is 0 Å². The molecule has 0 aromatic carbocycles. The van der Waals surface area contributed by atoms with Gasteiger partial charge in [0.05, 0.1) is 30.1 Å². The zero-order valence-electron chi connectivity index (χ0n) is 8.07. The Hall–Kier alpha value is -0.390. The van der Waals surface area contributed by atoms with Crippen LogP contribution < -0.4 is 4.90 Å². The molecule has 1 fully saturated rings. The van der Waals surface area contributed by atoms with Gasteiger partial charge in [0.2, 0.25) is 5.95 Å². The second-order valence-corrected chi connectivity index (χ2v) is 4.38. The number of rotatable bonds is 2. The Balaban J connectivity index is 2.06. The van der Waals surface area contributed by atoms with Crippen LogP contribution in [0.2, 0.25) is 5.02 Å². The molecule has 1 aromatic rings. The van der Waals surface area contributed by atoms with E-state index in [-0.39, 0.29) is 6.10 Å². The van der Waals surface area contributed by atoms with Gasteiger partial charge in [0, 0.05) is 18.4 Å². The van der Waals surface area contributed by atoms with Crippen molar-refractivity contribution in [1.29, 1.82) is 0 Å². The number of alkyl halides is 1. The number of morpholine rings is 1. The van der Waals surface area contributed by atoms with Gasteiger partial charge in [-0.2, -0.15) is 0 Å². The minimum atomic E-state index is 0.207. The van der Waals surface area contributed by atoms with Gasteiger partial charge in [0.1, 0.15) is 0 Å². The van der Waals surface area contributed by atoms with Crippen LogP contribution in [0.25, 0.3) is 0 Å². The number of nitrogens with zero attached hydrogens (tertiary/aromatic N) is 3. The minimum Gasteiger partial charge on any atom is -0.374 e. The van der Waals surface area contributed by atoms with Gasteiger partial charge >= 0.3 is 0 Å². The maximum Gasteiger partial charge on any atom is 0.225 e. The SMILES string of the molecule is Clc1cnc(N2CCOC(CBr)C2)nc1. The lowest BCUT2D eigenvalue weighted by atomic mass is 10.3. The minimum absolute atomic E-state index is 0.207. The Labute approximate surface area is 102 Å². The van der Waals surface area contributed by atoms with Gasteiger partial charge in [-0.05, 0) is 0 Å². The molecule has 1 unspecified atom stereocenters. The molecule has 0 saturated carbocycles. The fraction of sp³-hybridized carbons (Fsp3) is 0.556. The standard InChI is InChI=1S/C9H11BrClN3O/c10-3-8-6-14(1-2-15-8)9-12-4-7(11)5-13-9/h4-5,8H,1-3,6H2. The van der Waals surface area contributed by atoms with Crippen molar-refractivity contribution in [3.8, 4) is 0 Å². The van der Waals surface area contributed by atoms with Crippen LogP contribution in [0.1, 0.15) is 0 Å². The molecular weight excluding hydrogens is 281 g/mol. The third kappa shape index (κ3) is 2.80. The first-order valence-corrected chi connectivity index (χ1v) is 6.19. The first-order chi connectivity index (χ1) is 7.29. The molecule has 0 N–H and O–H groups in total. The molecule has 4 nitrogen and oxygen atoms in total. The second kappa shape index (κ2) is 5.09. The molecule has 0 spiro atoms. The molecule has 0 bridgehead atoms. The molecule has 1 aromatic heterocycles. The summed E-state index contributed by atoms with van der Waals surface area (Å²) in [5.41, 5.74) is 0. The summed E-state index contributed by atoms with van der Waals surface area (Å²) in [7, 11) is 0. The van der Waals surface area contributed by atoms with E-state index >= 15 is 0 Å². The van der Waals surface area contributed by atoms with Crippen molar-refractivity contribution < 1.29 is 4.74 Å². The van der Waals surface area contributed by atoms with Crippen LogP contribution in [0, 0.1) is 0 Å². The Morgan fingerprint density at radius 1 is 1.53 bits per heavy atom. The molecule has 1 aliphatic rings. The summed E-state index contributed by atoms with van der Waals surface area (Å²) in [6, 6.07) is 0. The van der Waals surface area contributed by atoms with Crippen molar-refractivity contribution >= 4 is 33.5 Å². The van der Waals surface area contributed by atoms with Gasteiger partial charge in [-0.15, -0.1) is 0 Å². The number of halogens is 2. The molecular formula is C9H11BrClN3O. The number of hydrogen-bond donors (Lipinski definition) is 0. The Bertz CT molecular complexity index is 322. The maximum atomic E-state index is 5.73. The highest BCUT2D eigenvalue weighted by atomic mass is 79.9. The molecule has 2 rings (SSSR count). The van der Waals surface area contributed by atoms with Crippen LogP contribution in [0.15, 0.2) is 12.4 Å². The summed E-state index contributed by atoms with van der Waals surface area (Å²) >= 11 is 9.14. The fourth-order valence-corrected chi connectivity index (χ4v) is 1.95. The predicted molar refractivity (Wildman–Crippen MR) is 62.8 cm³/mol. The molecule has 0 amide bonds. The van der Waals surface area contributed by atoms with E-state index in [0.717, 1.165) is 18.4 Å². The largest absolute Gasteiger partial charge is 0.374 e. The normalized spacial score (nSPS) is 21.7. The maximum absolute atomic E-state index is 5.73. The highest BCUT2D eigenvalue weighted by Gasteiger charge is 2.21. The quantitative estimate of drug-likeness (QED) is 0.778. The van der Waals surface area contributed by atoms with Crippen molar-refractivity contribution in [3.63, 3.8) is 0 Å². The molecule has 1 aliphatic heterocycles. The lowest BCUT2D eigenvalue weighted by Crippen LogP contribution is -2.44. The van der Waals surface area contributed by atoms with E-state index < -0.39 is 0 Å². The highest BCUT2D eigenvalue weighted by Crippen LogP contribution is 2.15. The summed E-state index contributed by atoms with van der Waals surface area (Å²) in [5.74, 6) is 0.716. The van der Waals surface area contributed by atoms with E-state index in [0.29, 0.717) is 17.6 Å². The first-order valence-electron chi connectivity index (χ1n) is 4.69. The van der Waals surface area contributed by atoms with Crippen LogP contribution in [-0.4, -0.2) is 41.1 Å². The topological polar surface area (TPSA) is 38.2 Å². The number of anilines is 1. The van der Waals surface area contributed by atoms with Gasteiger partial charge in [0.15, 0.2) is 0 Å². The third-order valence-corrected chi connectivity index (χ3v) is 3.12. The molecule has 15 heavy (non-hydrogen) atoms. The first kappa shape index (κ1) is 11.1. The summed E-state index contributed by atoms with van der Waals surface area (Å²) in [5, 5.41) is 1.39. The lowest BCUT2D eigenvalue weighted by molar-refractivity contribution is 0.0565. The molecule has 1 saturated heterocycles. The molecule has 82 valence electrons. The Kier molecular flexibility index (Phi) is 3.77. The van der Waals surface area contributed by atoms with Crippen LogP contribution in [-0.2, 0) is 4.74 Å². The zero-order chi connectivity index (χ0) is 10.7. The van der Waals surface area contributed by atoms with Crippen LogP contribution in [0.3, 0.4) is 0 Å². The van der Waals surface area contributed by atoms with Crippen LogP contribution in [0.4, 0.5) is 5.95 Å². The van der Waals surface area contributed by atoms with Crippen LogP contribution in [0.5, 0.6) is 0 Å².